The van der Waals surface area contributed by atoms with Crippen LogP contribution in [0.2, 0.25) is 0 Å². The van der Waals surface area contributed by atoms with Gasteiger partial charge < -0.3 is 14.8 Å². The van der Waals surface area contributed by atoms with Crippen molar-refractivity contribution in [3.8, 4) is 0 Å². The molecule has 0 atom stereocenters. The van der Waals surface area contributed by atoms with Crippen molar-refractivity contribution in [2.75, 3.05) is 18.5 Å². The molecule has 22 heavy (non-hydrogen) atoms. The zero-order chi connectivity index (χ0) is 15.5. The normalized spacial score (nSPS) is 15.8. The van der Waals surface area contributed by atoms with Gasteiger partial charge in [0.2, 0.25) is 6.29 Å². The fourth-order valence-electron chi connectivity index (χ4n) is 2.36. The summed E-state index contributed by atoms with van der Waals surface area (Å²) in [4.78, 5) is 4.57. The first-order valence-electron chi connectivity index (χ1n) is 7.57. The second kappa shape index (κ2) is 6.76. The molecule has 1 saturated heterocycles. The van der Waals surface area contributed by atoms with Crippen LogP contribution >= 0.6 is 11.3 Å². The standard InChI is InChI=1S/C15H22N4O2S/c1-10(2)8-19-11(3)12(6-17-19)16-7-14-18-13(9-22-14)15-20-4-5-21-15/h6,9-10,15-16H,4-5,7-8H2,1-3H3. The molecule has 2 aromatic heterocycles. The molecule has 0 saturated carbocycles. The summed E-state index contributed by atoms with van der Waals surface area (Å²) in [5, 5.41) is 10.9. The zero-order valence-electron chi connectivity index (χ0n) is 13.2. The van der Waals surface area contributed by atoms with Gasteiger partial charge in [0.15, 0.2) is 0 Å². The van der Waals surface area contributed by atoms with Crippen LogP contribution in [-0.2, 0) is 22.6 Å². The van der Waals surface area contributed by atoms with Gasteiger partial charge in [0.05, 0.1) is 37.3 Å². The third-order valence-electron chi connectivity index (χ3n) is 3.50. The highest BCUT2D eigenvalue weighted by molar-refractivity contribution is 7.09. The maximum atomic E-state index is 5.46. The number of anilines is 1. The first-order chi connectivity index (χ1) is 10.6. The van der Waals surface area contributed by atoms with Crippen LogP contribution in [-0.4, -0.2) is 28.0 Å². The number of hydrogen-bond donors (Lipinski definition) is 1. The van der Waals surface area contributed by atoms with E-state index in [1.807, 2.05) is 16.3 Å². The van der Waals surface area contributed by atoms with E-state index in [0.29, 0.717) is 25.7 Å². The van der Waals surface area contributed by atoms with Crippen molar-refractivity contribution in [2.45, 2.75) is 40.2 Å². The lowest BCUT2D eigenvalue weighted by Gasteiger charge is -2.08. The summed E-state index contributed by atoms with van der Waals surface area (Å²) in [5.74, 6) is 0.583. The smallest absolute Gasteiger partial charge is 0.202 e. The van der Waals surface area contributed by atoms with Gasteiger partial charge in [0, 0.05) is 11.9 Å². The monoisotopic (exact) mass is 322 g/mol. The quantitative estimate of drug-likeness (QED) is 0.886. The third-order valence-corrected chi connectivity index (χ3v) is 4.37. The highest BCUT2D eigenvalue weighted by atomic mass is 32.1. The van der Waals surface area contributed by atoms with Crippen LogP contribution in [0, 0.1) is 12.8 Å². The Hall–Kier alpha value is -1.44. The van der Waals surface area contributed by atoms with E-state index in [0.717, 1.165) is 28.6 Å². The van der Waals surface area contributed by atoms with Crippen LogP contribution < -0.4 is 5.32 Å². The predicted molar refractivity (Wildman–Crippen MR) is 85.9 cm³/mol. The second-order valence-electron chi connectivity index (χ2n) is 5.81. The van der Waals surface area contributed by atoms with Crippen LogP contribution in [0.4, 0.5) is 5.69 Å². The van der Waals surface area contributed by atoms with Crippen LogP contribution in [0.3, 0.4) is 0 Å². The molecule has 7 heteroatoms. The number of thiazole rings is 1. The Kier molecular flexibility index (Phi) is 4.75. The van der Waals surface area contributed by atoms with Crippen molar-refractivity contribution in [2.24, 2.45) is 5.92 Å². The number of nitrogens with zero attached hydrogens (tertiary/aromatic N) is 3. The summed E-state index contributed by atoms with van der Waals surface area (Å²) >= 11 is 1.62. The number of hydrogen-bond acceptors (Lipinski definition) is 6. The molecule has 0 bridgehead atoms. The summed E-state index contributed by atoms with van der Waals surface area (Å²) < 4.78 is 13.0. The Morgan fingerprint density at radius 1 is 1.41 bits per heavy atom. The van der Waals surface area contributed by atoms with Gasteiger partial charge in [-0.3, -0.25) is 4.68 Å². The molecule has 0 radical (unpaired) electrons. The van der Waals surface area contributed by atoms with E-state index >= 15 is 0 Å². The van der Waals surface area contributed by atoms with Gasteiger partial charge in [-0.05, 0) is 12.8 Å². The molecule has 0 unspecified atom stereocenters. The number of ether oxygens (including phenoxy) is 2. The van der Waals surface area contributed by atoms with E-state index in [9.17, 15) is 0 Å². The molecule has 1 fully saturated rings. The molecule has 0 aromatic carbocycles. The molecular formula is C15H22N4O2S. The van der Waals surface area contributed by atoms with E-state index in [1.165, 1.54) is 0 Å². The molecule has 3 rings (SSSR count). The van der Waals surface area contributed by atoms with Crippen molar-refractivity contribution < 1.29 is 9.47 Å². The van der Waals surface area contributed by atoms with E-state index in [1.54, 1.807) is 11.3 Å². The molecule has 120 valence electrons. The van der Waals surface area contributed by atoms with Crippen LogP contribution in [0.25, 0.3) is 0 Å². The Balaban J connectivity index is 1.59. The van der Waals surface area contributed by atoms with Crippen molar-refractivity contribution in [1.29, 1.82) is 0 Å². The minimum Gasteiger partial charge on any atom is -0.376 e. The topological polar surface area (TPSA) is 61.2 Å². The highest BCUT2D eigenvalue weighted by Gasteiger charge is 2.21. The van der Waals surface area contributed by atoms with Crippen molar-refractivity contribution in [1.82, 2.24) is 14.8 Å². The number of nitrogens with one attached hydrogen (secondary N) is 1. The van der Waals surface area contributed by atoms with E-state index in [2.05, 4.69) is 36.2 Å². The molecule has 1 aliphatic heterocycles. The summed E-state index contributed by atoms with van der Waals surface area (Å²) in [7, 11) is 0. The van der Waals surface area contributed by atoms with Gasteiger partial charge in [-0.15, -0.1) is 11.3 Å². The summed E-state index contributed by atoms with van der Waals surface area (Å²) in [6.07, 6.45) is 1.59. The Labute approximate surface area is 134 Å². The lowest BCUT2D eigenvalue weighted by Crippen LogP contribution is -2.08. The molecule has 1 N–H and O–H groups in total. The summed E-state index contributed by atoms with van der Waals surface area (Å²) in [6.45, 7) is 9.38. The predicted octanol–water partition coefficient (Wildman–Crippen LogP) is 2.96. The van der Waals surface area contributed by atoms with Crippen LogP contribution in [0.5, 0.6) is 0 Å². The molecule has 0 amide bonds. The van der Waals surface area contributed by atoms with Crippen molar-refractivity contribution in [3.63, 3.8) is 0 Å². The summed E-state index contributed by atoms with van der Waals surface area (Å²) in [5.41, 5.74) is 3.09. The minimum absolute atomic E-state index is 0.291. The van der Waals surface area contributed by atoms with Gasteiger partial charge in [-0.25, -0.2) is 4.98 Å². The third kappa shape index (κ3) is 3.48. The van der Waals surface area contributed by atoms with Gasteiger partial charge in [-0.2, -0.15) is 5.10 Å². The Morgan fingerprint density at radius 3 is 2.91 bits per heavy atom. The maximum Gasteiger partial charge on any atom is 0.202 e. The van der Waals surface area contributed by atoms with Gasteiger partial charge in [-0.1, -0.05) is 13.8 Å². The molecule has 2 aromatic rings. The maximum absolute atomic E-state index is 5.46. The minimum atomic E-state index is -0.291. The van der Waals surface area contributed by atoms with Gasteiger partial charge >= 0.3 is 0 Å². The average molecular weight is 322 g/mol. The Morgan fingerprint density at radius 2 is 2.18 bits per heavy atom. The van der Waals surface area contributed by atoms with Crippen LogP contribution in [0.1, 0.15) is 36.5 Å². The fourth-order valence-corrected chi connectivity index (χ4v) is 3.10. The average Bonchev–Trinajstić information content (AvgIpc) is 3.19. The first-order valence-corrected chi connectivity index (χ1v) is 8.45. The summed E-state index contributed by atoms with van der Waals surface area (Å²) in [6, 6.07) is 0. The van der Waals surface area contributed by atoms with Crippen molar-refractivity contribution in [3.05, 3.63) is 28.0 Å². The molecule has 0 aliphatic carbocycles. The Bertz CT molecular complexity index is 617. The lowest BCUT2D eigenvalue weighted by molar-refractivity contribution is -0.0469. The number of rotatable bonds is 6. The van der Waals surface area contributed by atoms with Gasteiger partial charge in [0.1, 0.15) is 10.7 Å². The molecular weight excluding hydrogens is 300 g/mol. The number of aromatic nitrogens is 3. The largest absolute Gasteiger partial charge is 0.376 e. The van der Waals surface area contributed by atoms with Crippen molar-refractivity contribution >= 4 is 17.0 Å². The van der Waals surface area contributed by atoms with E-state index < -0.39 is 0 Å². The molecule has 0 spiro atoms. The van der Waals surface area contributed by atoms with E-state index in [-0.39, 0.29) is 6.29 Å². The molecule has 6 nitrogen and oxygen atoms in total. The SMILES string of the molecule is Cc1c(NCc2nc(C3OCCO3)cs2)cnn1CC(C)C. The molecule has 1 aliphatic rings. The zero-order valence-corrected chi connectivity index (χ0v) is 14.0. The van der Waals surface area contributed by atoms with E-state index in [4.69, 9.17) is 9.47 Å². The second-order valence-corrected chi connectivity index (χ2v) is 6.76. The molecule has 3 heterocycles. The van der Waals surface area contributed by atoms with Gasteiger partial charge in [0.25, 0.3) is 0 Å². The highest BCUT2D eigenvalue weighted by Crippen LogP contribution is 2.25. The first kappa shape index (κ1) is 15.5. The van der Waals surface area contributed by atoms with Crippen LogP contribution in [0.15, 0.2) is 11.6 Å². The fraction of sp³-hybridized carbons (Fsp3) is 0.600. The lowest BCUT2D eigenvalue weighted by atomic mass is 10.2.